The zero-order chi connectivity index (χ0) is 18.3. The lowest BCUT2D eigenvalue weighted by Crippen LogP contribution is -2.57. The highest BCUT2D eigenvalue weighted by Crippen LogP contribution is 2.24. The maximum Gasteiger partial charge on any atom is 0.405 e. The lowest BCUT2D eigenvalue weighted by Gasteiger charge is -2.36. The Morgan fingerprint density at radius 1 is 1.28 bits per heavy atom. The molecule has 0 aromatic heterocycles. The molecule has 5 nitrogen and oxygen atoms in total. The first-order valence-electron chi connectivity index (χ1n) is 8.37. The van der Waals surface area contributed by atoms with E-state index in [0.717, 1.165) is 5.56 Å². The second kappa shape index (κ2) is 9.17. The van der Waals surface area contributed by atoms with Crippen molar-refractivity contribution in [3.63, 3.8) is 0 Å². The van der Waals surface area contributed by atoms with Crippen molar-refractivity contribution < 1.29 is 18.0 Å². The first-order valence-corrected chi connectivity index (χ1v) is 8.37. The molecule has 1 unspecified atom stereocenters. The predicted molar refractivity (Wildman–Crippen MR) is 90.1 cm³/mol. The van der Waals surface area contributed by atoms with Crippen molar-refractivity contribution in [2.45, 2.75) is 18.8 Å². The maximum absolute atomic E-state index is 13.3. The van der Waals surface area contributed by atoms with E-state index in [4.69, 9.17) is 0 Å². The molecule has 1 aromatic rings. The molecule has 1 fully saturated rings. The summed E-state index contributed by atoms with van der Waals surface area (Å²) in [6, 6.07) is 7.97. The monoisotopic (exact) mass is 358 g/mol. The zero-order valence-corrected chi connectivity index (χ0v) is 14.4. The molecule has 1 heterocycles. The summed E-state index contributed by atoms with van der Waals surface area (Å²) >= 11 is 0. The van der Waals surface area contributed by atoms with Crippen molar-refractivity contribution in [3.8, 4) is 0 Å². The van der Waals surface area contributed by atoms with Gasteiger partial charge in [0.15, 0.2) is 0 Å². The number of benzene rings is 1. The Kier molecular flexibility index (Phi) is 7.22. The fourth-order valence-corrected chi connectivity index (χ4v) is 2.91. The van der Waals surface area contributed by atoms with Crippen LogP contribution in [0.3, 0.4) is 0 Å². The molecular weight excluding hydrogens is 333 g/mol. The summed E-state index contributed by atoms with van der Waals surface area (Å²) < 4.78 is 39.8. The molecule has 8 heteroatoms. The highest BCUT2D eigenvalue weighted by atomic mass is 19.4. The number of carbonyl (C=O) groups is 1. The van der Waals surface area contributed by atoms with Crippen molar-refractivity contribution in [2.75, 3.05) is 46.3 Å². The summed E-state index contributed by atoms with van der Waals surface area (Å²) in [7, 11) is 1.77. The fraction of sp³-hybridized carbons (Fsp3) is 0.588. The molecular formula is C17H25F3N4O. The molecule has 0 saturated carbocycles. The van der Waals surface area contributed by atoms with E-state index in [1.807, 2.05) is 30.3 Å². The normalized spacial score (nSPS) is 17.5. The van der Waals surface area contributed by atoms with Gasteiger partial charge in [-0.05, 0) is 12.6 Å². The molecule has 1 saturated heterocycles. The van der Waals surface area contributed by atoms with E-state index < -0.39 is 24.7 Å². The average molecular weight is 358 g/mol. The van der Waals surface area contributed by atoms with E-state index in [1.165, 1.54) is 4.90 Å². The number of likely N-dealkylation sites (N-methyl/N-ethyl adjacent to an activating group) is 1. The summed E-state index contributed by atoms with van der Waals surface area (Å²) in [4.78, 5) is 15.2. The third-order valence-corrected chi connectivity index (χ3v) is 4.17. The number of alkyl halides is 3. The van der Waals surface area contributed by atoms with Crippen LogP contribution in [0.5, 0.6) is 0 Å². The number of rotatable bonds is 7. The number of piperazine rings is 1. The maximum atomic E-state index is 13.3. The first kappa shape index (κ1) is 19.7. The van der Waals surface area contributed by atoms with E-state index in [2.05, 4.69) is 10.6 Å². The number of carbonyl (C=O) groups excluding carboxylic acids is 1. The minimum atomic E-state index is -4.36. The van der Waals surface area contributed by atoms with Crippen LogP contribution in [0.2, 0.25) is 0 Å². The van der Waals surface area contributed by atoms with Crippen LogP contribution in [0.4, 0.5) is 13.2 Å². The Morgan fingerprint density at radius 3 is 2.52 bits per heavy atom. The highest BCUT2D eigenvalue weighted by molar-refractivity contribution is 5.78. The van der Waals surface area contributed by atoms with Crippen LogP contribution in [-0.2, 0) is 11.3 Å². The zero-order valence-electron chi connectivity index (χ0n) is 14.4. The molecule has 0 aliphatic carbocycles. The Hall–Kier alpha value is -1.64. The summed E-state index contributed by atoms with van der Waals surface area (Å²) in [5.41, 5.74) is 1.05. The molecule has 2 N–H and O–H groups in total. The van der Waals surface area contributed by atoms with Gasteiger partial charge in [0.1, 0.15) is 6.04 Å². The summed E-state index contributed by atoms with van der Waals surface area (Å²) in [5.74, 6) is -0.400. The van der Waals surface area contributed by atoms with E-state index in [0.29, 0.717) is 32.7 Å². The number of halogens is 3. The number of hydrogen-bond donors (Lipinski definition) is 2. The van der Waals surface area contributed by atoms with E-state index >= 15 is 0 Å². The molecule has 0 spiro atoms. The second-order valence-electron chi connectivity index (χ2n) is 6.31. The molecule has 1 aliphatic rings. The van der Waals surface area contributed by atoms with Gasteiger partial charge in [0.05, 0.1) is 6.54 Å². The lowest BCUT2D eigenvalue weighted by molar-refractivity contribution is -0.184. The molecule has 2 rings (SSSR count). The predicted octanol–water partition coefficient (Wildman–Crippen LogP) is 1.07. The first-order chi connectivity index (χ1) is 11.9. The van der Waals surface area contributed by atoms with E-state index in [9.17, 15) is 18.0 Å². The molecule has 1 atom stereocenters. The third-order valence-electron chi connectivity index (χ3n) is 4.17. The molecule has 0 bridgehead atoms. The lowest BCUT2D eigenvalue weighted by atomic mass is 10.2. The fourth-order valence-electron chi connectivity index (χ4n) is 2.91. The van der Waals surface area contributed by atoms with Crippen LogP contribution in [0, 0.1) is 0 Å². The molecule has 1 aromatic carbocycles. The van der Waals surface area contributed by atoms with Crippen molar-refractivity contribution in [1.29, 1.82) is 0 Å². The molecule has 25 heavy (non-hydrogen) atoms. The largest absolute Gasteiger partial charge is 0.405 e. The van der Waals surface area contributed by atoms with Crippen molar-refractivity contribution in [1.82, 2.24) is 20.4 Å². The summed E-state index contributed by atoms with van der Waals surface area (Å²) in [5, 5.41) is 5.47. The minimum Gasteiger partial charge on any atom is -0.353 e. The topological polar surface area (TPSA) is 47.6 Å². The van der Waals surface area contributed by atoms with Crippen molar-refractivity contribution in [2.24, 2.45) is 0 Å². The van der Waals surface area contributed by atoms with Gasteiger partial charge in [-0.15, -0.1) is 0 Å². The second-order valence-corrected chi connectivity index (χ2v) is 6.31. The Labute approximate surface area is 146 Å². The van der Waals surface area contributed by atoms with Gasteiger partial charge in [-0.1, -0.05) is 30.3 Å². The Morgan fingerprint density at radius 2 is 1.92 bits per heavy atom. The number of amides is 1. The standard InChI is InChI=1S/C17H25F3N4O/c1-23(12-14-5-3-2-4-6-14)13-16(25)22-11-15(17(18,19)20)24-9-7-21-8-10-24/h2-6,15,21H,7-13H2,1H3,(H,22,25). The van der Waals surface area contributed by atoms with Crippen LogP contribution < -0.4 is 10.6 Å². The molecule has 0 radical (unpaired) electrons. The van der Waals surface area contributed by atoms with Crippen molar-refractivity contribution >= 4 is 5.91 Å². The van der Waals surface area contributed by atoms with Crippen LogP contribution in [0.15, 0.2) is 30.3 Å². The van der Waals surface area contributed by atoms with Gasteiger partial charge in [-0.25, -0.2) is 0 Å². The third kappa shape index (κ3) is 6.64. The van der Waals surface area contributed by atoms with Gasteiger partial charge < -0.3 is 10.6 Å². The van der Waals surface area contributed by atoms with Gasteiger partial charge in [-0.2, -0.15) is 13.2 Å². The minimum absolute atomic E-state index is 0.0566. The van der Waals surface area contributed by atoms with Gasteiger partial charge in [0.25, 0.3) is 0 Å². The number of nitrogens with one attached hydrogen (secondary N) is 2. The Balaban J connectivity index is 1.81. The number of nitrogens with zero attached hydrogens (tertiary/aromatic N) is 2. The van der Waals surface area contributed by atoms with E-state index in [1.54, 1.807) is 11.9 Å². The molecule has 1 amide bonds. The summed E-state index contributed by atoms with van der Waals surface area (Å²) in [6.45, 7) is 1.92. The molecule has 1 aliphatic heterocycles. The van der Waals surface area contributed by atoms with Crippen LogP contribution in [0.25, 0.3) is 0 Å². The highest BCUT2D eigenvalue weighted by Gasteiger charge is 2.43. The van der Waals surface area contributed by atoms with Crippen LogP contribution >= 0.6 is 0 Å². The smallest absolute Gasteiger partial charge is 0.353 e. The van der Waals surface area contributed by atoms with Gasteiger partial charge in [0, 0.05) is 39.3 Å². The molecule has 140 valence electrons. The number of hydrogen-bond acceptors (Lipinski definition) is 4. The van der Waals surface area contributed by atoms with Gasteiger partial charge in [0.2, 0.25) is 5.91 Å². The average Bonchev–Trinajstić information content (AvgIpc) is 2.55. The van der Waals surface area contributed by atoms with Crippen LogP contribution in [0.1, 0.15) is 5.56 Å². The van der Waals surface area contributed by atoms with E-state index in [-0.39, 0.29) is 6.54 Å². The van der Waals surface area contributed by atoms with Crippen LogP contribution in [-0.4, -0.2) is 74.2 Å². The summed E-state index contributed by atoms with van der Waals surface area (Å²) in [6.07, 6.45) is -4.36. The van der Waals surface area contributed by atoms with Gasteiger partial charge in [-0.3, -0.25) is 14.6 Å². The quantitative estimate of drug-likeness (QED) is 0.766. The Bertz CT molecular complexity index is 532. The SMILES string of the molecule is CN(CC(=O)NCC(N1CCNCC1)C(F)(F)F)Cc1ccccc1. The van der Waals surface area contributed by atoms with Gasteiger partial charge >= 0.3 is 6.18 Å². The van der Waals surface area contributed by atoms with Crippen molar-refractivity contribution in [3.05, 3.63) is 35.9 Å².